The Morgan fingerprint density at radius 2 is 2.07 bits per heavy atom. The minimum atomic E-state index is -4.81. The molecule has 1 aromatic carbocycles. The third kappa shape index (κ3) is 5.17. The van der Waals surface area contributed by atoms with E-state index in [0.717, 1.165) is 12.1 Å². The summed E-state index contributed by atoms with van der Waals surface area (Å²) in [5.41, 5.74) is 0.823. The van der Waals surface area contributed by atoms with Gasteiger partial charge in [-0.2, -0.15) is 5.10 Å². The number of halogens is 3. The SMILES string of the molecule is O=C(NCc1cccnc1-n1cncn1)Nc1cccc(OC(F)(F)F)c1. The molecule has 0 aliphatic carbocycles. The Balaban J connectivity index is 1.62. The molecule has 0 unspecified atom stereocenters. The molecule has 2 amide bonds. The fourth-order valence-electron chi connectivity index (χ4n) is 2.21. The molecule has 0 aliphatic heterocycles. The predicted octanol–water partition coefficient (Wildman–Crippen LogP) is 2.88. The van der Waals surface area contributed by atoms with Crippen molar-refractivity contribution in [2.24, 2.45) is 0 Å². The number of carbonyl (C=O) groups is 1. The van der Waals surface area contributed by atoms with Gasteiger partial charge in [0.25, 0.3) is 0 Å². The Hall–Kier alpha value is -3.63. The molecule has 0 radical (unpaired) electrons. The number of hydrogen-bond acceptors (Lipinski definition) is 5. The molecule has 0 bridgehead atoms. The number of aromatic nitrogens is 4. The molecule has 0 aliphatic rings. The second-order valence-corrected chi connectivity index (χ2v) is 5.21. The molecule has 0 fully saturated rings. The summed E-state index contributed by atoms with van der Waals surface area (Å²) >= 11 is 0. The molecule has 0 saturated heterocycles. The molecule has 2 heterocycles. The fraction of sp³-hybridized carbons (Fsp3) is 0.125. The highest BCUT2D eigenvalue weighted by Gasteiger charge is 2.31. The van der Waals surface area contributed by atoms with E-state index in [4.69, 9.17) is 0 Å². The second kappa shape index (κ2) is 7.72. The lowest BCUT2D eigenvalue weighted by molar-refractivity contribution is -0.274. The molecule has 11 heteroatoms. The van der Waals surface area contributed by atoms with Crippen LogP contribution in [0, 0.1) is 0 Å². The summed E-state index contributed by atoms with van der Waals surface area (Å²) in [5, 5.41) is 9.03. The zero-order valence-corrected chi connectivity index (χ0v) is 13.6. The smallest absolute Gasteiger partial charge is 0.406 e. The molecule has 8 nitrogen and oxygen atoms in total. The first-order valence-electron chi connectivity index (χ1n) is 7.60. The van der Waals surface area contributed by atoms with Gasteiger partial charge in [0.2, 0.25) is 0 Å². The summed E-state index contributed by atoms with van der Waals surface area (Å²) in [5.74, 6) is 0.0666. The van der Waals surface area contributed by atoms with Gasteiger partial charge in [0.1, 0.15) is 18.4 Å². The summed E-state index contributed by atoms with van der Waals surface area (Å²) in [6.45, 7) is 0.119. The minimum Gasteiger partial charge on any atom is -0.406 e. The summed E-state index contributed by atoms with van der Waals surface area (Å²) in [6, 6.07) is 7.82. The van der Waals surface area contributed by atoms with Crippen LogP contribution in [-0.4, -0.2) is 32.1 Å². The van der Waals surface area contributed by atoms with Gasteiger partial charge in [-0.1, -0.05) is 12.1 Å². The highest BCUT2D eigenvalue weighted by molar-refractivity contribution is 5.89. The molecule has 2 aromatic heterocycles. The Morgan fingerprint density at radius 3 is 2.81 bits per heavy atom. The Morgan fingerprint density at radius 1 is 1.22 bits per heavy atom. The van der Waals surface area contributed by atoms with Gasteiger partial charge in [0.15, 0.2) is 5.82 Å². The van der Waals surface area contributed by atoms with Crippen LogP contribution in [0.4, 0.5) is 23.7 Å². The van der Waals surface area contributed by atoms with E-state index in [1.54, 1.807) is 18.3 Å². The molecule has 0 spiro atoms. The lowest BCUT2D eigenvalue weighted by Gasteiger charge is -2.12. The zero-order valence-electron chi connectivity index (χ0n) is 13.6. The van der Waals surface area contributed by atoms with Crippen molar-refractivity contribution in [1.82, 2.24) is 25.1 Å². The van der Waals surface area contributed by atoms with E-state index in [1.165, 1.54) is 29.5 Å². The van der Waals surface area contributed by atoms with Crippen LogP contribution >= 0.6 is 0 Å². The van der Waals surface area contributed by atoms with Crippen LogP contribution in [0.2, 0.25) is 0 Å². The van der Waals surface area contributed by atoms with Crippen LogP contribution in [-0.2, 0) is 6.54 Å². The lowest BCUT2D eigenvalue weighted by Crippen LogP contribution is -2.28. The van der Waals surface area contributed by atoms with Crippen LogP contribution in [0.1, 0.15) is 5.56 Å². The summed E-state index contributed by atoms with van der Waals surface area (Å²) in [4.78, 5) is 20.1. The number of rotatable bonds is 5. The van der Waals surface area contributed by atoms with Crippen molar-refractivity contribution in [3.05, 3.63) is 60.8 Å². The van der Waals surface area contributed by atoms with E-state index in [1.807, 2.05) is 0 Å². The number of nitrogens with one attached hydrogen (secondary N) is 2. The van der Waals surface area contributed by atoms with E-state index in [0.29, 0.717) is 11.4 Å². The van der Waals surface area contributed by atoms with Crippen molar-refractivity contribution >= 4 is 11.7 Å². The van der Waals surface area contributed by atoms with Crippen LogP contribution in [0.5, 0.6) is 5.75 Å². The first-order valence-corrected chi connectivity index (χ1v) is 7.60. The first kappa shape index (κ1) is 18.2. The molecule has 27 heavy (non-hydrogen) atoms. The molecule has 140 valence electrons. The molecular formula is C16H13F3N6O2. The van der Waals surface area contributed by atoms with Gasteiger partial charge in [-0.25, -0.2) is 19.4 Å². The molecular weight excluding hydrogens is 365 g/mol. The number of ether oxygens (including phenoxy) is 1. The number of amides is 2. The van der Waals surface area contributed by atoms with E-state index < -0.39 is 18.1 Å². The van der Waals surface area contributed by atoms with Crippen molar-refractivity contribution in [3.8, 4) is 11.6 Å². The van der Waals surface area contributed by atoms with Crippen LogP contribution < -0.4 is 15.4 Å². The van der Waals surface area contributed by atoms with Crippen LogP contribution in [0.3, 0.4) is 0 Å². The Bertz CT molecular complexity index is 915. The third-order valence-corrected chi connectivity index (χ3v) is 3.27. The number of nitrogens with zero attached hydrogens (tertiary/aromatic N) is 4. The normalized spacial score (nSPS) is 11.1. The number of pyridine rings is 1. The fourth-order valence-corrected chi connectivity index (χ4v) is 2.21. The van der Waals surface area contributed by atoms with Gasteiger partial charge >= 0.3 is 12.4 Å². The maximum absolute atomic E-state index is 12.3. The Labute approximate surface area is 151 Å². The molecule has 0 atom stereocenters. The lowest BCUT2D eigenvalue weighted by atomic mass is 10.2. The third-order valence-electron chi connectivity index (χ3n) is 3.27. The second-order valence-electron chi connectivity index (χ2n) is 5.21. The Kier molecular flexibility index (Phi) is 5.20. The number of carbonyl (C=O) groups excluding carboxylic acids is 1. The maximum atomic E-state index is 12.3. The molecule has 0 saturated carbocycles. The zero-order chi connectivity index (χ0) is 19.3. The summed E-state index contributed by atoms with van der Waals surface area (Å²) in [7, 11) is 0. The average Bonchev–Trinajstić information content (AvgIpc) is 3.13. The predicted molar refractivity (Wildman–Crippen MR) is 88.1 cm³/mol. The maximum Gasteiger partial charge on any atom is 0.573 e. The topological polar surface area (TPSA) is 94.0 Å². The highest BCUT2D eigenvalue weighted by Crippen LogP contribution is 2.25. The van der Waals surface area contributed by atoms with Crippen molar-refractivity contribution in [2.75, 3.05) is 5.32 Å². The van der Waals surface area contributed by atoms with E-state index in [9.17, 15) is 18.0 Å². The van der Waals surface area contributed by atoms with Crippen molar-refractivity contribution in [3.63, 3.8) is 0 Å². The van der Waals surface area contributed by atoms with Gasteiger partial charge in [-0.15, -0.1) is 13.2 Å². The van der Waals surface area contributed by atoms with Gasteiger partial charge in [0.05, 0.1) is 0 Å². The van der Waals surface area contributed by atoms with Crippen molar-refractivity contribution in [2.45, 2.75) is 12.9 Å². The number of hydrogen-bond donors (Lipinski definition) is 2. The highest BCUT2D eigenvalue weighted by atomic mass is 19.4. The monoisotopic (exact) mass is 378 g/mol. The summed E-state index contributed by atoms with van der Waals surface area (Å²) in [6.07, 6.45) is -0.404. The molecule has 2 N–H and O–H groups in total. The number of benzene rings is 1. The van der Waals surface area contributed by atoms with Gasteiger partial charge in [-0.05, 0) is 18.2 Å². The van der Waals surface area contributed by atoms with Gasteiger partial charge in [-0.3, -0.25) is 0 Å². The quantitative estimate of drug-likeness (QED) is 0.712. The average molecular weight is 378 g/mol. The minimum absolute atomic E-state index is 0.119. The first-order chi connectivity index (χ1) is 12.9. The molecule has 3 rings (SSSR count). The standard InChI is InChI=1S/C16H13F3N6O2/c17-16(18,19)27-13-5-1-4-12(7-13)24-15(26)22-8-11-3-2-6-21-14(11)25-10-20-9-23-25/h1-7,9-10H,8H2,(H2,22,24,26). The summed E-state index contributed by atoms with van der Waals surface area (Å²) < 4.78 is 42.0. The van der Waals surface area contributed by atoms with E-state index >= 15 is 0 Å². The van der Waals surface area contributed by atoms with Crippen LogP contribution in [0.25, 0.3) is 5.82 Å². The number of urea groups is 1. The van der Waals surface area contributed by atoms with Crippen molar-refractivity contribution in [1.29, 1.82) is 0 Å². The van der Waals surface area contributed by atoms with Crippen molar-refractivity contribution < 1.29 is 22.7 Å². The number of anilines is 1. The number of alkyl halides is 3. The van der Waals surface area contributed by atoms with E-state index in [2.05, 4.69) is 30.4 Å². The largest absolute Gasteiger partial charge is 0.573 e. The van der Waals surface area contributed by atoms with E-state index in [-0.39, 0.29) is 12.2 Å². The molecule has 3 aromatic rings. The van der Waals surface area contributed by atoms with Crippen LogP contribution in [0.15, 0.2) is 55.2 Å². The van der Waals surface area contributed by atoms with Gasteiger partial charge < -0.3 is 15.4 Å². The van der Waals surface area contributed by atoms with Gasteiger partial charge in [0, 0.05) is 30.1 Å².